The molecule has 0 saturated carbocycles. The van der Waals surface area contributed by atoms with Crippen LogP contribution in [-0.2, 0) is 4.74 Å². The number of nitrogens with zero attached hydrogens (tertiary/aromatic N) is 2. The molecule has 3 heteroatoms. The fourth-order valence-corrected chi connectivity index (χ4v) is 0.272. The molecule has 2 radical (unpaired) electrons. The molecule has 0 aliphatic carbocycles. The van der Waals surface area contributed by atoms with Gasteiger partial charge in [0.05, 0.1) is 6.07 Å². The quantitative estimate of drug-likeness (QED) is 0.423. The summed E-state index contributed by atoms with van der Waals surface area (Å²) in [6.45, 7) is 1.32. The van der Waals surface area contributed by atoms with Crippen LogP contribution in [0.15, 0.2) is 4.99 Å². The summed E-state index contributed by atoms with van der Waals surface area (Å²) in [6.07, 6.45) is 2.17. The van der Waals surface area contributed by atoms with Crippen molar-refractivity contribution in [2.24, 2.45) is 4.99 Å². The molecule has 0 aromatic rings. The van der Waals surface area contributed by atoms with Crippen LogP contribution in [0.25, 0.3) is 0 Å². The van der Waals surface area contributed by atoms with Gasteiger partial charge in [0.1, 0.15) is 0 Å². The molecule has 0 spiro atoms. The van der Waals surface area contributed by atoms with Gasteiger partial charge < -0.3 is 4.74 Å². The number of hydrogen-bond acceptors (Lipinski definition) is 3. The third kappa shape index (κ3) is 0.686. The number of aliphatic imine (C=N–C) groups is 1. The van der Waals surface area contributed by atoms with Crippen LogP contribution in [0.5, 0.6) is 0 Å². The number of hydrogen-bond donors (Lipinski definition) is 0. The average molecular weight is 94.1 g/mol. The van der Waals surface area contributed by atoms with Gasteiger partial charge in [-0.3, -0.25) is 0 Å². The Labute approximate surface area is 41.2 Å². The van der Waals surface area contributed by atoms with Crippen LogP contribution in [0.3, 0.4) is 0 Å². The molecule has 1 aliphatic rings. The third-order valence-electron chi connectivity index (χ3n) is 0.574. The monoisotopic (exact) mass is 94.0 g/mol. The van der Waals surface area contributed by atoms with E-state index in [1.165, 1.54) is 6.61 Å². The van der Waals surface area contributed by atoms with Crippen LogP contribution in [0.1, 0.15) is 0 Å². The van der Waals surface area contributed by atoms with Gasteiger partial charge in [0.25, 0.3) is 6.40 Å². The summed E-state index contributed by atoms with van der Waals surface area (Å²) in [7, 11) is 0. The van der Waals surface area contributed by atoms with Crippen LogP contribution >= 0.6 is 0 Å². The molecule has 7 heavy (non-hydrogen) atoms. The van der Waals surface area contributed by atoms with E-state index >= 15 is 0 Å². The molecule has 0 fully saturated rings. The third-order valence-corrected chi connectivity index (χ3v) is 0.574. The van der Waals surface area contributed by atoms with Crippen molar-refractivity contribution in [1.29, 1.82) is 5.26 Å². The molecule has 3 nitrogen and oxygen atoms in total. The highest BCUT2D eigenvalue weighted by Gasteiger charge is 2.10. The van der Waals surface area contributed by atoms with E-state index < -0.39 is 6.04 Å². The van der Waals surface area contributed by atoms with Crippen molar-refractivity contribution in [3.05, 3.63) is 6.61 Å². The van der Waals surface area contributed by atoms with E-state index in [9.17, 15) is 0 Å². The zero-order chi connectivity index (χ0) is 5.11. The average Bonchev–Trinajstić information content (AvgIpc) is 2.14. The van der Waals surface area contributed by atoms with Gasteiger partial charge in [0, 0.05) is 0 Å². The van der Waals surface area contributed by atoms with Gasteiger partial charge in [-0.15, -0.1) is 0 Å². The van der Waals surface area contributed by atoms with Gasteiger partial charge >= 0.3 is 0 Å². The van der Waals surface area contributed by atoms with Gasteiger partial charge in [-0.1, -0.05) is 0 Å². The Morgan fingerprint density at radius 1 is 2.00 bits per heavy atom. The van der Waals surface area contributed by atoms with Crippen molar-refractivity contribution in [2.75, 3.05) is 0 Å². The van der Waals surface area contributed by atoms with Gasteiger partial charge in [0.15, 0.2) is 12.6 Å². The normalized spacial score (nSPS) is 26.4. The Morgan fingerprint density at radius 2 is 2.86 bits per heavy atom. The fourth-order valence-electron chi connectivity index (χ4n) is 0.272. The van der Waals surface area contributed by atoms with Crippen molar-refractivity contribution < 1.29 is 4.74 Å². The van der Waals surface area contributed by atoms with Gasteiger partial charge in [-0.2, -0.15) is 5.26 Å². The lowest BCUT2D eigenvalue weighted by Gasteiger charge is -1.83. The Hall–Kier alpha value is -1.04. The first-order valence-electron chi connectivity index (χ1n) is 1.77. The number of ether oxygens (including phenoxy) is 1. The minimum atomic E-state index is -0.431. The summed E-state index contributed by atoms with van der Waals surface area (Å²) in [6, 6.07) is 1.42. The summed E-state index contributed by atoms with van der Waals surface area (Å²) in [5, 5.41) is 8.07. The predicted octanol–water partition coefficient (Wildman–Crippen LogP) is -0.0241. The van der Waals surface area contributed by atoms with Gasteiger partial charge in [-0.05, 0) is 0 Å². The van der Waals surface area contributed by atoms with E-state index in [-0.39, 0.29) is 0 Å². The Balaban J connectivity index is 2.47. The maximum Gasteiger partial charge on any atom is 0.275 e. The lowest BCUT2D eigenvalue weighted by molar-refractivity contribution is 0.431. The largest absolute Gasteiger partial charge is 0.463 e. The van der Waals surface area contributed by atoms with E-state index in [2.05, 4.69) is 16.1 Å². The Morgan fingerprint density at radius 3 is 3.14 bits per heavy atom. The van der Waals surface area contributed by atoms with Crippen LogP contribution in [0, 0.1) is 17.9 Å². The molecule has 1 aliphatic heterocycles. The maximum absolute atomic E-state index is 8.07. The second kappa shape index (κ2) is 1.61. The highest BCUT2D eigenvalue weighted by molar-refractivity contribution is 5.51. The summed E-state index contributed by atoms with van der Waals surface area (Å²) in [5.74, 6) is 0. The lowest BCUT2D eigenvalue weighted by Crippen LogP contribution is -1.93. The Kier molecular flexibility index (Phi) is 0.947. The molecule has 0 bridgehead atoms. The van der Waals surface area contributed by atoms with E-state index in [0.29, 0.717) is 0 Å². The zero-order valence-corrected chi connectivity index (χ0v) is 3.46. The highest BCUT2D eigenvalue weighted by Crippen LogP contribution is 2.00. The molecule has 0 aromatic heterocycles. The molecule has 0 saturated heterocycles. The molecule has 1 rings (SSSR count). The standard InChI is InChI=1S/C4H2N2O/c5-1-4-2-7-3-6-4/h2,4H. The molecule has 1 atom stereocenters. The molecule has 1 unspecified atom stereocenters. The minimum absolute atomic E-state index is 0.431. The molecule has 0 amide bonds. The number of rotatable bonds is 0. The number of nitriles is 1. The van der Waals surface area contributed by atoms with E-state index in [0.717, 1.165) is 0 Å². The Bertz CT molecular complexity index is 124. The van der Waals surface area contributed by atoms with Gasteiger partial charge in [-0.25, -0.2) is 4.99 Å². The van der Waals surface area contributed by atoms with Gasteiger partial charge in [0.2, 0.25) is 0 Å². The van der Waals surface area contributed by atoms with Crippen LogP contribution in [0.4, 0.5) is 0 Å². The second-order valence-electron chi connectivity index (χ2n) is 1.05. The molecule has 0 aromatic carbocycles. The summed E-state index contributed by atoms with van der Waals surface area (Å²) >= 11 is 0. The SMILES string of the molecule is N#CC1[CH]O[C]=N1. The maximum atomic E-state index is 8.07. The van der Waals surface area contributed by atoms with Crippen molar-refractivity contribution >= 4 is 6.40 Å². The summed E-state index contributed by atoms with van der Waals surface area (Å²) < 4.78 is 4.38. The van der Waals surface area contributed by atoms with Crippen LogP contribution in [-0.4, -0.2) is 12.4 Å². The van der Waals surface area contributed by atoms with Crippen LogP contribution < -0.4 is 0 Å². The molecule has 1 heterocycles. The van der Waals surface area contributed by atoms with Crippen molar-refractivity contribution in [2.45, 2.75) is 6.04 Å². The minimum Gasteiger partial charge on any atom is -0.463 e. The molecule has 0 N–H and O–H groups in total. The fraction of sp³-hybridized carbons (Fsp3) is 0.250. The first-order valence-corrected chi connectivity index (χ1v) is 1.77. The van der Waals surface area contributed by atoms with E-state index in [1.54, 1.807) is 0 Å². The highest BCUT2D eigenvalue weighted by atomic mass is 16.5. The predicted molar refractivity (Wildman–Crippen MR) is 22.2 cm³/mol. The summed E-state index contributed by atoms with van der Waals surface area (Å²) in [4.78, 5) is 3.47. The zero-order valence-electron chi connectivity index (χ0n) is 3.46. The van der Waals surface area contributed by atoms with Crippen molar-refractivity contribution in [1.82, 2.24) is 0 Å². The topological polar surface area (TPSA) is 45.4 Å². The van der Waals surface area contributed by atoms with Crippen LogP contribution in [0.2, 0.25) is 0 Å². The molecular formula is C4H2N2O. The molecule has 34 valence electrons. The lowest BCUT2D eigenvalue weighted by atomic mass is 10.4. The first-order chi connectivity index (χ1) is 3.43. The smallest absolute Gasteiger partial charge is 0.275 e. The van der Waals surface area contributed by atoms with E-state index in [1.807, 2.05) is 6.07 Å². The summed E-state index contributed by atoms with van der Waals surface area (Å²) in [5.41, 5.74) is 0. The van der Waals surface area contributed by atoms with Crippen molar-refractivity contribution in [3.8, 4) is 6.07 Å². The molecular weight excluding hydrogens is 92.1 g/mol. The van der Waals surface area contributed by atoms with E-state index in [4.69, 9.17) is 5.26 Å². The second-order valence-corrected chi connectivity index (χ2v) is 1.05. The van der Waals surface area contributed by atoms with Crippen molar-refractivity contribution in [3.63, 3.8) is 0 Å². The first kappa shape index (κ1) is 4.13.